The van der Waals surface area contributed by atoms with E-state index >= 15 is 0 Å². The van der Waals surface area contributed by atoms with Gasteiger partial charge in [-0.05, 0) is 36.6 Å². The molecule has 7 heteroatoms. The number of thioether (sulfide) groups is 1. The van der Waals surface area contributed by atoms with E-state index < -0.39 is 5.97 Å². The maximum Gasteiger partial charge on any atom is 0.303 e. The highest BCUT2D eigenvalue weighted by Gasteiger charge is 2.17. The molecular formula is C14H16N2O3S2. The zero-order chi connectivity index (χ0) is 14.7. The molecule has 2 aromatic rings. The quantitative estimate of drug-likeness (QED) is 0.821. The number of thiophene rings is 1. The number of unbranched alkanes of at least 4 members (excludes halogenated alkanes) is 1. The summed E-state index contributed by atoms with van der Waals surface area (Å²) in [4.78, 5) is 12.9. The molecule has 3 rings (SSSR count). The Hall–Kier alpha value is -1.34. The van der Waals surface area contributed by atoms with Crippen molar-refractivity contribution in [2.75, 3.05) is 5.75 Å². The van der Waals surface area contributed by atoms with Crippen molar-refractivity contribution in [1.82, 2.24) is 10.2 Å². The van der Waals surface area contributed by atoms with Gasteiger partial charge < -0.3 is 9.52 Å². The molecule has 1 N–H and O–H groups in total. The van der Waals surface area contributed by atoms with Crippen molar-refractivity contribution in [3.8, 4) is 10.8 Å². The average Bonchev–Trinajstić information content (AvgIpc) is 3.09. The average molecular weight is 324 g/mol. The topological polar surface area (TPSA) is 76.2 Å². The van der Waals surface area contributed by atoms with E-state index in [0.29, 0.717) is 24.6 Å². The van der Waals surface area contributed by atoms with Gasteiger partial charge in [-0.3, -0.25) is 4.79 Å². The van der Waals surface area contributed by atoms with Crippen molar-refractivity contribution in [2.45, 2.75) is 37.9 Å². The molecule has 0 bridgehead atoms. The molecule has 5 nitrogen and oxygen atoms in total. The van der Waals surface area contributed by atoms with Gasteiger partial charge in [0.1, 0.15) is 0 Å². The third-order valence-corrected chi connectivity index (χ3v) is 5.57. The summed E-state index contributed by atoms with van der Waals surface area (Å²) < 4.78 is 5.69. The van der Waals surface area contributed by atoms with E-state index in [4.69, 9.17) is 9.52 Å². The van der Waals surface area contributed by atoms with Gasteiger partial charge in [-0.25, -0.2) is 0 Å². The molecule has 0 saturated heterocycles. The molecule has 0 aromatic carbocycles. The number of nitrogens with zero attached hydrogens (tertiary/aromatic N) is 2. The molecule has 1 aliphatic rings. The van der Waals surface area contributed by atoms with E-state index in [2.05, 4.69) is 16.3 Å². The smallest absolute Gasteiger partial charge is 0.303 e. The zero-order valence-electron chi connectivity index (χ0n) is 11.5. The summed E-state index contributed by atoms with van der Waals surface area (Å²) in [6.45, 7) is 0. The fourth-order valence-corrected chi connectivity index (χ4v) is 4.55. The number of hydrogen-bond acceptors (Lipinski definition) is 6. The van der Waals surface area contributed by atoms with Crippen LogP contribution in [0.25, 0.3) is 10.8 Å². The van der Waals surface area contributed by atoms with Crippen molar-refractivity contribution in [3.05, 3.63) is 22.4 Å². The lowest BCUT2D eigenvalue weighted by Crippen LogP contribution is -1.96. The van der Waals surface area contributed by atoms with E-state index in [1.165, 1.54) is 16.2 Å². The van der Waals surface area contributed by atoms with Crippen LogP contribution in [-0.2, 0) is 23.4 Å². The lowest BCUT2D eigenvalue weighted by Gasteiger charge is -2.08. The number of fused-ring (bicyclic) bond motifs is 1. The summed E-state index contributed by atoms with van der Waals surface area (Å²) in [5.74, 6) is 2.68. The van der Waals surface area contributed by atoms with Crippen molar-refractivity contribution in [1.29, 1.82) is 0 Å². The summed E-state index contributed by atoms with van der Waals surface area (Å²) in [5.41, 5.74) is 1.40. The Bertz CT molecular complexity index is 612. The minimum Gasteiger partial charge on any atom is -0.481 e. The van der Waals surface area contributed by atoms with Gasteiger partial charge >= 0.3 is 5.97 Å². The fourth-order valence-electron chi connectivity index (χ4n) is 2.26. The third kappa shape index (κ3) is 3.65. The Morgan fingerprint density at radius 1 is 1.38 bits per heavy atom. The molecule has 0 amide bonds. The predicted molar refractivity (Wildman–Crippen MR) is 82.7 cm³/mol. The van der Waals surface area contributed by atoms with Crippen LogP contribution in [0.5, 0.6) is 0 Å². The number of carbonyl (C=O) groups is 1. The molecule has 0 atom stereocenters. The van der Waals surface area contributed by atoms with Crippen LogP contribution >= 0.6 is 23.1 Å². The fraction of sp³-hybridized carbons (Fsp3) is 0.500. The largest absolute Gasteiger partial charge is 0.481 e. The van der Waals surface area contributed by atoms with Crippen LogP contribution in [0.15, 0.2) is 10.5 Å². The standard InChI is InChI=1S/C14H16N2O3S2/c17-13(18)4-2-1-3-12-15-16-14(19-12)11-7-9-8-20-6-5-10(9)21-11/h7H,1-6,8H2,(H,17,18). The van der Waals surface area contributed by atoms with Crippen LogP contribution in [0.4, 0.5) is 0 Å². The van der Waals surface area contributed by atoms with E-state index in [-0.39, 0.29) is 6.42 Å². The van der Waals surface area contributed by atoms with Crippen molar-refractivity contribution >= 4 is 29.1 Å². The van der Waals surface area contributed by atoms with E-state index in [1.807, 2.05) is 11.8 Å². The van der Waals surface area contributed by atoms with Crippen molar-refractivity contribution < 1.29 is 14.3 Å². The molecule has 112 valence electrons. The van der Waals surface area contributed by atoms with E-state index in [9.17, 15) is 4.79 Å². The summed E-state index contributed by atoms with van der Waals surface area (Å²) in [6.07, 6.45) is 3.35. The molecule has 0 unspecified atom stereocenters. The monoisotopic (exact) mass is 324 g/mol. The van der Waals surface area contributed by atoms with Crippen LogP contribution in [0.2, 0.25) is 0 Å². The number of aryl methyl sites for hydroxylation is 2. The van der Waals surface area contributed by atoms with E-state index in [0.717, 1.165) is 23.5 Å². The maximum absolute atomic E-state index is 10.4. The summed E-state index contributed by atoms with van der Waals surface area (Å²) in [7, 11) is 0. The first-order chi connectivity index (χ1) is 10.2. The van der Waals surface area contributed by atoms with Gasteiger partial charge in [-0.1, -0.05) is 0 Å². The number of hydrogen-bond donors (Lipinski definition) is 1. The SMILES string of the molecule is O=C(O)CCCCc1nnc(-c2cc3c(s2)CCSC3)o1. The van der Waals surface area contributed by atoms with Gasteiger partial charge in [0, 0.05) is 23.5 Å². The molecule has 3 heterocycles. The molecule has 0 saturated carbocycles. The van der Waals surface area contributed by atoms with Gasteiger partial charge in [0.15, 0.2) is 0 Å². The first-order valence-electron chi connectivity index (χ1n) is 6.96. The molecule has 2 aromatic heterocycles. The van der Waals surface area contributed by atoms with Gasteiger partial charge in [0.25, 0.3) is 5.89 Å². The summed E-state index contributed by atoms with van der Waals surface area (Å²) >= 11 is 3.71. The van der Waals surface area contributed by atoms with Crippen molar-refractivity contribution in [2.24, 2.45) is 0 Å². The number of rotatable bonds is 6. The zero-order valence-corrected chi connectivity index (χ0v) is 13.1. The molecule has 0 fully saturated rings. The van der Waals surface area contributed by atoms with Gasteiger partial charge in [-0.2, -0.15) is 11.8 Å². The van der Waals surface area contributed by atoms with E-state index in [1.54, 1.807) is 11.3 Å². The molecule has 0 radical (unpaired) electrons. The first kappa shape index (κ1) is 14.6. The second-order valence-corrected chi connectivity index (χ2v) is 7.21. The van der Waals surface area contributed by atoms with Crippen LogP contribution in [-0.4, -0.2) is 27.0 Å². The van der Waals surface area contributed by atoms with Crippen LogP contribution in [0.3, 0.4) is 0 Å². The van der Waals surface area contributed by atoms with Crippen LogP contribution in [0, 0.1) is 0 Å². The molecule has 1 aliphatic heterocycles. The Morgan fingerprint density at radius 2 is 2.29 bits per heavy atom. The lowest BCUT2D eigenvalue weighted by molar-refractivity contribution is -0.137. The third-order valence-electron chi connectivity index (χ3n) is 3.34. The Morgan fingerprint density at radius 3 is 3.10 bits per heavy atom. The Balaban J connectivity index is 1.62. The molecule has 21 heavy (non-hydrogen) atoms. The minimum absolute atomic E-state index is 0.191. The van der Waals surface area contributed by atoms with Gasteiger partial charge in [-0.15, -0.1) is 21.5 Å². The van der Waals surface area contributed by atoms with Gasteiger partial charge in [0.05, 0.1) is 4.88 Å². The predicted octanol–water partition coefficient (Wildman–Crippen LogP) is 3.38. The van der Waals surface area contributed by atoms with Gasteiger partial charge in [0.2, 0.25) is 5.89 Å². The molecular weight excluding hydrogens is 308 g/mol. The number of aromatic nitrogens is 2. The molecule has 0 spiro atoms. The Labute approximate surface area is 130 Å². The summed E-state index contributed by atoms with van der Waals surface area (Å²) in [6, 6.07) is 2.16. The minimum atomic E-state index is -0.761. The highest BCUT2D eigenvalue weighted by molar-refractivity contribution is 7.98. The summed E-state index contributed by atoms with van der Waals surface area (Å²) in [5, 5.41) is 16.8. The second-order valence-electron chi connectivity index (χ2n) is 4.96. The highest BCUT2D eigenvalue weighted by Crippen LogP contribution is 2.36. The Kier molecular flexibility index (Phi) is 4.60. The normalized spacial score (nSPS) is 14.1. The van der Waals surface area contributed by atoms with Crippen LogP contribution in [0.1, 0.15) is 35.6 Å². The second kappa shape index (κ2) is 6.62. The first-order valence-corrected chi connectivity index (χ1v) is 8.93. The van der Waals surface area contributed by atoms with Crippen molar-refractivity contribution in [3.63, 3.8) is 0 Å². The molecule has 0 aliphatic carbocycles. The maximum atomic E-state index is 10.4. The lowest BCUT2D eigenvalue weighted by atomic mass is 10.2. The number of carboxylic acid groups (broad SMARTS) is 1. The number of carboxylic acids is 1. The number of aliphatic carboxylic acids is 1. The highest BCUT2D eigenvalue weighted by atomic mass is 32.2. The van der Waals surface area contributed by atoms with Crippen LogP contribution < -0.4 is 0 Å².